The fourth-order valence-corrected chi connectivity index (χ4v) is 2.69. The lowest BCUT2D eigenvalue weighted by molar-refractivity contribution is 0.601. The average molecular weight is 306 g/mol. The first-order valence-electron chi connectivity index (χ1n) is 4.88. The lowest BCUT2D eigenvalue weighted by Crippen LogP contribution is -2.13. The first-order chi connectivity index (χ1) is 8.38. The van der Waals surface area contributed by atoms with E-state index in [2.05, 4.69) is 14.9 Å². The van der Waals surface area contributed by atoms with Gasteiger partial charge in [0, 0.05) is 11.8 Å². The number of hydrogen-bond donors (Lipinski definition) is 2. The molecule has 0 bridgehead atoms. The summed E-state index contributed by atoms with van der Waals surface area (Å²) in [6.45, 7) is 1.77. The van der Waals surface area contributed by atoms with Crippen molar-refractivity contribution < 1.29 is 8.42 Å². The Labute approximate surface area is 114 Å². The van der Waals surface area contributed by atoms with Crippen LogP contribution in [0.4, 0.5) is 5.82 Å². The van der Waals surface area contributed by atoms with Gasteiger partial charge in [-0.3, -0.25) is 9.82 Å². The van der Waals surface area contributed by atoms with Crippen LogP contribution >= 0.6 is 23.2 Å². The van der Waals surface area contributed by atoms with Crippen molar-refractivity contribution in [3.63, 3.8) is 0 Å². The van der Waals surface area contributed by atoms with Crippen LogP contribution in [-0.4, -0.2) is 18.6 Å². The molecule has 1 aromatic heterocycles. The molecule has 1 heterocycles. The van der Waals surface area contributed by atoms with Crippen molar-refractivity contribution in [3.05, 3.63) is 40.0 Å². The van der Waals surface area contributed by atoms with Gasteiger partial charge in [-0.2, -0.15) is 5.10 Å². The van der Waals surface area contributed by atoms with Crippen LogP contribution in [0.2, 0.25) is 10.0 Å². The predicted octanol–water partition coefficient (Wildman–Crippen LogP) is 2.83. The Balaban J connectivity index is 2.33. The van der Waals surface area contributed by atoms with E-state index in [0.29, 0.717) is 5.02 Å². The molecule has 1 aromatic carbocycles. The fraction of sp³-hybridized carbons (Fsp3) is 0.100. The number of anilines is 1. The number of benzene rings is 1. The minimum Gasteiger partial charge on any atom is -0.281 e. The second-order valence-electron chi connectivity index (χ2n) is 3.62. The Bertz CT molecular complexity index is 682. The Kier molecular flexibility index (Phi) is 3.52. The molecule has 0 spiro atoms. The third kappa shape index (κ3) is 2.77. The SMILES string of the molecule is Cc1cc(NS(=O)(=O)c2ccc(Cl)c(Cl)c2)n[nH]1. The van der Waals surface area contributed by atoms with Crippen LogP contribution in [0.3, 0.4) is 0 Å². The molecule has 2 rings (SSSR count). The second-order valence-corrected chi connectivity index (χ2v) is 6.11. The van der Waals surface area contributed by atoms with Gasteiger partial charge in [0.2, 0.25) is 0 Å². The Hall–Kier alpha value is -1.24. The van der Waals surface area contributed by atoms with Crippen molar-refractivity contribution in [1.29, 1.82) is 0 Å². The lowest BCUT2D eigenvalue weighted by Gasteiger charge is -2.06. The second kappa shape index (κ2) is 4.79. The highest BCUT2D eigenvalue weighted by Crippen LogP contribution is 2.25. The molecule has 5 nitrogen and oxygen atoms in total. The fourth-order valence-electron chi connectivity index (χ4n) is 1.31. The maximum absolute atomic E-state index is 12.0. The summed E-state index contributed by atoms with van der Waals surface area (Å²) in [4.78, 5) is 0.0255. The maximum atomic E-state index is 12.0. The van der Waals surface area contributed by atoms with Crippen LogP contribution in [0.15, 0.2) is 29.2 Å². The standard InChI is InChI=1S/C10H9Cl2N3O2S/c1-6-4-10(14-13-6)15-18(16,17)7-2-3-8(11)9(12)5-7/h2-5H,1H3,(H2,13,14,15). The minimum absolute atomic E-state index is 0.0255. The number of nitrogens with one attached hydrogen (secondary N) is 2. The Morgan fingerprint density at radius 1 is 1.22 bits per heavy atom. The monoisotopic (exact) mass is 305 g/mol. The van der Waals surface area contributed by atoms with Gasteiger partial charge in [0.05, 0.1) is 14.9 Å². The van der Waals surface area contributed by atoms with Gasteiger partial charge in [-0.15, -0.1) is 0 Å². The molecule has 0 aliphatic carbocycles. The molecule has 2 N–H and O–H groups in total. The van der Waals surface area contributed by atoms with Crippen molar-refractivity contribution in [2.45, 2.75) is 11.8 Å². The first-order valence-corrected chi connectivity index (χ1v) is 7.12. The third-order valence-corrected chi connectivity index (χ3v) is 4.24. The molecule has 0 unspecified atom stereocenters. The van der Waals surface area contributed by atoms with Crippen molar-refractivity contribution >= 4 is 39.0 Å². The van der Waals surface area contributed by atoms with Gasteiger partial charge in [-0.05, 0) is 25.1 Å². The summed E-state index contributed by atoms with van der Waals surface area (Å²) in [6, 6.07) is 5.66. The highest BCUT2D eigenvalue weighted by molar-refractivity contribution is 7.92. The van der Waals surface area contributed by atoms with Crippen LogP contribution in [-0.2, 0) is 10.0 Å². The minimum atomic E-state index is -3.71. The van der Waals surface area contributed by atoms with Crippen LogP contribution in [0.5, 0.6) is 0 Å². The summed E-state index contributed by atoms with van der Waals surface area (Å²) in [6.07, 6.45) is 0. The number of hydrogen-bond acceptors (Lipinski definition) is 3. The number of sulfonamides is 1. The number of aromatic amines is 1. The smallest absolute Gasteiger partial charge is 0.263 e. The van der Waals surface area contributed by atoms with Gasteiger partial charge >= 0.3 is 0 Å². The molecule has 0 atom stereocenters. The molecule has 0 saturated carbocycles. The van der Waals surface area contributed by atoms with Gasteiger partial charge in [-0.1, -0.05) is 23.2 Å². The summed E-state index contributed by atoms with van der Waals surface area (Å²) in [5, 5.41) is 6.91. The Morgan fingerprint density at radius 3 is 2.50 bits per heavy atom. The number of rotatable bonds is 3. The summed E-state index contributed by atoms with van der Waals surface area (Å²) in [5.41, 5.74) is 0.752. The first kappa shape index (κ1) is 13.2. The molecule has 18 heavy (non-hydrogen) atoms. The van der Waals surface area contributed by atoms with E-state index in [0.717, 1.165) is 5.69 Å². The van der Waals surface area contributed by atoms with Gasteiger partial charge in [0.25, 0.3) is 10.0 Å². The van der Waals surface area contributed by atoms with Crippen LogP contribution in [0.25, 0.3) is 0 Å². The van der Waals surface area contributed by atoms with Crippen LogP contribution in [0, 0.1) is 6.92 Å². The molecule has 8 heteroatoms. The molecular formula is C10H9Cl2N3O2S. The average Bonchev–Trinajstić information content (AvgIpc) is 2.67. The van der Waals surface area contributed by atoms with Crippen molar-refractivity contribution in [2.24, 2.45) is 0 Å². The molecule has 0 radical (unpaired) electrons. The van der Waals surface area contributed by atoms with E-state index in [9.17, 15) is 8.42 Å². The zero-order valence-electron chi connectivity index (χ0n) is 9.24. The zero-order chi connectivity index (χ0) is 13.3. The number of nitrogens with zero attached hydrogens (tertiary/aromatic N) is 1. The summed E-state index contributed by atoms with van der Waals surface area (Å²) < 4.78 is 26.3. The number of aromatic nitrogens is 2. The quantitative estimate of drug-likeness (QED) is 0.915. The van der Waals surface area contributed by atoms with Crippen LogP contribution in [0.1, 0.15) is 5.69 Å². The lowest BCUT2D eigenvalue weighted by atomic mass is 10.4. The number of H-pyrrole nitrogens is 1. The van der Waals surface area contributed by atoms with E-state index in [-0.39, 0.29) is 15.7 Å². The largest absolute Gasteiger partial charge is 0.281 e. The molecule has 0 saturated heterocycles. The van der Waals surface area contributed by atoms with E-state index in [1.165, 1.54) is 18.2 Å². The number of halogens is 2. The number of aryl methyl sites for hydroxylation is 1. The predicted molar refractivity (Wildman–Crippen MR) is 70.6 cm³/mol. The molecule has 96 valence electrons. The van der Waals surface area contributed by atoms with E-state index in [1.807, 2.05) is 0 Å². The molecule has 2 aromatic rings. The topological polar surface area (TPSA) is 74.8 Å². The summed E-state index contributed by atoms with van der Waals surface area (Å²) in [5.74, 6) is 0.221. The molecule has 0 fully saturated rings. The van der Waals surface area contributed by atoms with E-state index in [1.54, 1.807) is 13.0 Å². The zero-order valence-corrected chi connectivity index (χ0v) is 11.6. The molecule has 0 aliphatic rings. The van der Waals surface area contributed by atoms with Crippen molar-refractivity contribution in [2.75, 3.05) is 4.72 Å². The van der Waals surface area contributed by atoms with Gasteiger partial charge in [0.15, 0.2) is 5.82 Å². The maximum Gasteiger partial charge on any atom is 0.263 e. The molecule has 0 aliphatic heterocycles. The summed E-state index contributed by atoms with van der Waals surface area (Å²) >= 11 is 11.5. The van der Waals surface area contributed by atoms with E-state index < -0.39 is 10.0 Å². The van der Waals surface area contributed by atoms with Gasteiger partial charge in [-0.25, -0.2) is 8.42 Å². The van der Waals surface area contributed by atoms with Crippen molar-refractivity contribution in [1.82, 2.24) is 10.2 Å². The third-order valence-electron chi connectivity index (χ3n) is 2.15. The molecular weight excluding hydrogens is 297 g/mol. The van der Waals surface area contributed by atoms with E-state index in [4.69, 9.17) is 23.2 Å². The highest BCUT2D eigenvalue weighted by atomic mass is 35.5. The Morgan fingerprint density at radius 2 is 1.94 bits per heavy atom. The van der Waals surface area contributed by atoms with Gasteiger partial charge in [0.1, 0.15) is 0 Å². The van der Waals surface area contributed by atoms with Crippen molar-refractivity contribution in [3.8, 4) is 0 Å². The molecule has 0 amide bonds. The summed E-state index contributed by atoms with van der Waals surface area (Å²) in [7, 11) is -3.71. The normalized spacial score (nSPS) is 11.5. The van der Waals surface area contributed by atoms with E-state index >= 15 is 0 Å². The van der Waals surface area contributed by atoms with Crippen LogP contribution < -0.4 is 4.72 Å². The van der Waals surface area contributed by atoms with Gasteiger partial charge < -0.3 is 0 Å². The highest BCUT2D eigenvalue weighted by Gasteiger charge is 2.16.